The van der Waals surface area contributed by atoms with Gasteiger partial charge in [-0.05, 0) is 68.0 Å². The van der Waals surface area contributed by atoms with Crippen LogP contribution < -0.4 is 0 Å². The van der Waals surface area contributed by atoms with E-state index in [0.29, 0.717) is 0 Å². The molecule has 0 saturated carbocycles. The van der Waals surface area contributed by atoms with Crippen molar-refractivity contribution in [1.82, 2.24) is 0 Å². The van der Waals surface area contributed by atoms with Crippen molar-refractivity contribution in [3.8, 4) is 0 Å². The van der Waals surface area contributed by atoms with Gasteiger partial charge in [-0.2, -0.15) is 0 Å². The molecule has 2 nitrogen and oxygen atoms in total. The molecule has 1 heterocycles. The first-order chi connectivity index (χ1) is 11.8. The minimum absolute atomic E-state index is 0.0450. The van der Waals surface area contributed by atoms with Gasteiger partial charge in [0.05, 0.1) is 0 Å². The predicted octanol–water partition coefficient (Wildman–Crippen LogP) is 4.74. The highest BCUT2D eigenvalue weighted by atomic mass is 16.3. The molecule has 1 aliphatic carbocycles. The van der Waals surface area contributed by atoms with Crippen LogP contribution in [-0.4, -0.2) is 24.7 Å². The van der Waals surface area contributed by atoms with E-state index < -0.39 is 0 Å². The number of carbonyl (C=O) groups excluding carboxylic acids is 1. The van der Waals surface area contributed by atoms with Crippen molar-refractivity contribution in [3.05, 3.63) is 59.2 Å². The third-order valence-electron chi connectivity index (χ3n) is 4.77. The highest BCUT2D eigenvalue weighted by Crippen LogP contribution is 2.37. The Kier molecular flexibility index (Phi) is 8.38. The zero-order chi connectivity index (χ0) is 19.0. The summed E-state index contributed by atoms with van der Waals surface area (Å²) in [4.78, 5) is 11.4. The Morgan fingerprint density at radius 3 is 2.16 bits per heavy atom. The molecule has 3 heteroatoms. The molecule has 1 atom stereocenters. The fraction of sp³-hybridized carbons (Fsp3) is 0.500. The van der Waals surface area contributed by atoms with E-state index in [4.69, 9.17) is 5.11 Å². The Balaban J connectivity index is 0.000000218. The van der Waals surface area contributed by atoms with Crippen molar-refractivity contribution in [2.75, 3.05) is 6.61 Å². The molecule has 25 heavy (non-hydrogen) atoms. The highest BCUT2D eigenvalue weighted by molar-refractivity contribution is 6.80. The third-order valence-corrected chi connectivity index (χ3v) is 4.77. The normalized spacial score (nSPS) is 22.1. The number of benzene rings is 1. The quantitative estimate of drug-likeness (QED) is 0.593. The minimum atomic E-state index is -0.333. The van der Waals surface area contributed by atoms with Gasteiger partial charge in [-0.1, -0.05) is 49.8 Å². The molecule has 0 fully saturated rings. The first-order valence-electron chi connectivity index (χ1n) is 9.07. The Labute approximate surface area is 154 Å². The van der Waals surface area contributed by atoms with Gasteiger partial charge in [0.25, 0.3) is 0 Å². The molecule has 3 rings (SSSR count). The number of hydrogen-bond donors (Lipinski definition) is 1. The monoisotopic (exact) mass is 339 g/mol. The average molecular weight is 339 g/mol. The molecule has 1 radical (unpaired) electrons. The van der Waals surface area contributed by atoms with Gasteiger partial charge in [-0.15, -0.1) is 6.58 Å². The fourth-order valence-electron chi connectivity index (χ4n) is 3.30. The SMILES string of the molecule is C=CC.CC1=C(C)C(=O)[B]C(C)(CO)C1.CC1Cc2ccccc2C1. The van der Waals surface area contributed by atoms with Crippen molar-refractivity contribution in [2.45, 2.75) is 59.2 Å². The number of fused-ring (bicyclic) bond motifs is 1. The molecule has 1 unspecified atom stereocenters. The molecule has 1 aromatic carbocycles. The lowest BCUT2D eigenvalue weighted by Crippen LogP contribution is -2.33. The van der Waals surface area contributed by atoms with Gasteiger partial charge < -0.3 is 9.90 Å². The van der Waals surface area contributed by atoms with Crippen LogP contribution in [0.4, 0.5) is 0 Å². The van der Waals surface area contributed by atoms with Gasteiger partial charge in [0, 0.05) is 6.61 Å². The third kappa shape index (κ3) is 6.32. The second-order valence-electron chi connectivity index (χ2n) is 7.59. The van der Waals surface area contributed by atoms with E-state index in [0.717, 1.165) is 23.5 Å². The number of aliphatic hydroxyl groups excluding tert-OH is 1. The topological polar surface area (TPSA) is 37.3 Å². The molecule has 1 aromatic rings. The number of rotatable bonds is 1. The van der Waals surface area contributed by atoms with Crippen molar-refractivity contribution in [1.29, 1.82) is 0 Å². The van der Waals surface area contributed by atoms with Gasteiger partial charge >= 0.3 is 0 Å². The molecule has 2 aliphatic rings. The van der Waals surface area contributed by atoms with E-state index >= 15 is 0 Å². The van der Waals surface area contributed by atoms with Gasteiger partial charge in [0.1, 0.15) is 5.68 Å². The van der Waals surface area contributed by atoms with Crippen LogP contribution in [0.3, 0.4) is 0 Å². The van der Waals surface area contributed by atoms with Gasteiger partial charge in [-0.25, -0.2) is 0 Å². The van der Waals surface area contributed by atoms with Crippen molar-refractivity contribution in [2.24, 2.45) is 5.92 Å². The Morgan fingerprint density at radius 2 is 1.76 bits per heavy atom. The van der Waals surface area contributed by atoms with E-state index in [2.05, 4.69) is 37.8 Å². The maximum atomic E-state index is 11.4. The molecular weight excluding hydrogens is 307 g/mol. The average Bonchev–Trinajstić information content (AvgIpc) is 2.94. The highest BCUT2D eigenvalue weighted by Gasteiger charge is 2.34. The molecule has 0 amide bonds. The van der Waals surface area contributed by atoms with Crippen LogP contribution in [-0.2, 0) is 17.6 Å². The van der Waals surface area contributed by atoms with Crippen LogP contribution >= 0.6 is 0 Å². The molecule has 1 N–H and O–H groups in total. The van der Waals surface area contributed by atoms with E-state index in [1.165, 1.54) is 12.8 Å². The molecule has 0 spiro atoms. The lowest BCUT2D eigenvalue weighted by atomic mass is 9.45. The minimum Gasteiger partial charge on any atom is -0.397 e. The summed E-state index contributed by atoms with van der Waals surface area (Å²) in [7, 11) is 1.63. The maximum Gasteiger partial charge on any atom is 0.218 e. The second-order valence-corrected chi connectivity index (χ2v) is 7.59. The summed E-state index contributed by atoms with van der Waals surface area (Å²) in [6, 6.07) is 8.77. The fourth-order valence-corrected chi connectivity index (χ4v) is 3.30. The summed E-state index contributed by atoms with van der Waals surface area (Å²) in [6.07, 6.45) is 5.12. The molecule has 0 saturated heterocycles. The molecule has 0 aromatic heterocycles. The summed E-state index contributed by atoms with van der Waals surface area (Å²) in [5, 5.41) is 8.73. The lowest BCUT2D eigenvalue weighted by molar-refractivity contribution is -0.109. The van der Waals surface area contributed by atoms with Crippen LogP contribution in [0.5, 0.6) is 0 Å². The summed E-state index contributed by atoms with van der Waals surface area (Å²) in [5.74, 6) is 0.873. The van der Waals surface area contributed by atoms with Gasteiger partial charge in [0.15, 0.2) is 0 Å². The summed E-state index contributed by atoms with van der Waals surface area (Å²) in [6.45, 7) is 13.3. The van der Waals surface area contributed by atoms with Crippen molar-refractivity contribution >= 4 is 13.0 Å². The van der Waals surface area contributed by atoms with Crippen LogP contribution in [0.15, 0.2) is 48.1 Å². The Bertz CT molecular complexity index is 608. The molecule has 135 valence electrons. The first-order valence-corrected chi connectivity index (χ1v) is 9.07. The molecular formula is C22H32BO2. The number of hydrogen-bond acceptors (Lipinski definition) is 2. The van der Waals surface area contributed by atoms with Crippen LogP contribution in [0.2, 0.25) is 5.31 Å². The van der Waals surface area contributed by atoms with Crippen molar-refractivity contribution in [3.63, 3.8) is 0 Å². The Hall–Kier alpha value is -1.61. The van der Waals surface area contributed by atoms with Crippen molar-refractivity contribution < 1.29 is 9.90 Å². The van der Waals surface area contributed by atoms with E-state index in [9.17, 15) is 4.79 Å². The summed E-state index contributed by atoms with van der Waals surface area (Å²) >= 11 is 0. The summed E-state index contributed by atoms with van der Waals surface area (Å²) in [5.41, 5.74) is 5.13. The number of aliphatic hydroxyl groups is 1. The van der Waals surface area contributed by atoms with Crippen LogP contribution in [0, 0.1) is 5.92 Å². The van der Waals surface area contributed by atoms with E-state index in [1.54, 1.807) is 24.5 Å². The summed E-state index contributed by atoms with van der Waals surface area (Å²) < 4.78 is 0. The van der Waals surface area contributed by atoms with E-state index in [-0.39, 0.29) is 17.6 Å². The maximum absolute atomic E-state index is 11.4. The van der Waals surface area contributed by atoms with Gasteiger partial charge in [-0.3, -0.25) is 0 Å². The Morgan fingerprint density at radius 1 is 1.28 bits per heavy atom. The largest absolute Gasteiger partial charge is 0.397 e. The standard InChI is InChI=1S/C10H12.C9H14BO2.C3H6/c1-8-6-9-4-2-3-5-10(9)7-8;1-6-4-9(3,5-11)10-8(12)7(6)2;1-3-2/h2-5,8H,6-7H2,1H3;11H,4-5H2,1-3H3;3H,1H2,2H3. The predicted molar refractivity (Wildman–Crippen MR) is 108 cm³/mol. The first kappa shape index (κ1) is 21.4. The van der Waals surface area contributed by atoms with Crippen LogP contribution in [0.25, 0.3) is 0 Å². The number of allylic oxidation sites excluding steroid dienone is 3. The molecule has 0 bridgehead atoms. The lowest BCUT2D eigenvalue weighted by Gasteiger charge is -2.31. The zero-order valence-electron chi connectivity index (χ0n) is 16.4. The smallest absolute Gasteiger partial charge is 0.218 e. The zero-order valence-corrected chi connectivity index (χ0v) is 16.4. The second kappa shape index (κ2) is 9.77. The van der Waals surface area contributed by atoms with E-state index in [1.807, 2.05) is 27.7 Å². The van der Waals surface area contributed by atoms with Crippen LogP contribution in [0.1, 0.15) is 52.2 Å². The molecule has 1 aliphatic heterocycles. The number of carbonyl (C=O) groups is 1. The van der Waals surface area contributed by atoms with Gasteiger partial charge in [0.2, 0.25) is 7.28 Å².